The van der Waals surface area contributed by atoms with Crippen LogP contribution in [0.15, 0.2) is 35.3 Å². The third-order valence-corrected chi connectivity index (χ3v) is 2.48. The molecule has 1 heterocycles. The third-order valence-electron chi connectivity index (χ3n) is 2.48. The number of hydrogen-bond donors (Lipinski definition) is 1. The Labute approximate surface area is 83.6 Å². The number of rotatable bonds is 1. The molecule has 0 unspecified atom stereocenters. The summed E-state index contributed by atoms with van der Waals surface area (Å²) >= 11 is 0. The molecule has 1 aromatic rings. The van der Waals surface area contributed by atoms with Gasteiger partial charge in [-0.2, -0.15) is 0 Å². The number of phenols is 1. The highest BCUT2D eigenvalue weighted by Gasteiger charge is 2.09. The van der Waals surface area contributed by atoms with E-state index in [0.717, 1.165) is 29.8 Å². The molecule has 14 heavy (non-hydrogen) atoms. The zero-order valence-corrected chi connectivity index (χ0v) is 8.20. The number of aromatic hydroxyl groups is 1. The van der Waals surface area contributed by atoms with Crippen molar-refractivity contribution in [3.8, 4) is 5.75 Å². The van der Waals surface area contributed by atoms with Gasteiger partial charge in [-0.25, -0.2) is 0 Å². The number of phenolic OH excluding ortho intramolecular Hbond substituents is 1. The molecule has 1 aliphatic rings. The molecule has 0 spiro atoms. The Bertz CT molecular complexity index is 405. The van der Waals surface area contributed by atoms with Gasteiger partial charge >= 0.3 is 0 Å². The van der Waals surface area contributed by atoms with Crippen molar-refractivity contribution >= 4 is 5.71 Å². The number of dihydropyridines is 1. The minimum Gasteiger partial charge on any atom is -0.508 e. The fraction of sp³-hybridized carbons (Fsp3) is 0.250. The summed E-state index contributed by atoms with van der Waals surface area (Å²) in [5.74, 6) is 0.347. The van der Waals surface area contributed by atoms with Crippen molar-refractivity contribution < 1.29 is 5.11 Å². The van der Waals surface area contributed by atoms with Crippen LogP contribution in [0.2, 0.25) is 0 Å². The average molecular weight is 187 g/mol. The van der Waals surface area contributed by atoms with Gasteiger partial charge in [0, 0.05) is 17.7 Å². The predicted molar refractivity (Wildman–Crippen MR) is 58.0 cm³/mol. The minimum absolute atomic E-state index is 0.347. The fourth-order valence-electron chi connectivity index (χ4n) is 1.63. The van der Waals surface area contributed by atoms with Crippen LogP contribution in [0.3, 0.4) is 0 Å². The summed E-state index contributed by atoms with van der Waals surface area (Å²) in [6.45, 7) is 2.68. The lowest BCUT2D eigenvalue weighted by atomic mass is 10.00. The Hall–Kier alpha value is -1.57. The summed E-state index contributed by atoms with van der Waals surface area (Å²) in [4.78, 5) is 4.42. The van der Waals surface area contributed by atoms with Crippen LogP contribution in [0.5, 0.6) is 5.75 Å². The van der Waals surface area contributed by atoms with E-state index in [1.165, 1.54) is 0 Å². The van der Waals surface area contributed by atoms with Gasteiger partial charge in [-0.15, -0.1) is 0 Å². The van der Waals surface area contributed by atoms with Crippen molar-refractivity contribution in [3.63, 3.8) is 0 Å². The number of allylic oxidation sites excluding steroid dienone is 1. The minimum atomic E-state index is 0.347. The second-order valence-electron chi connectivity index (χ2n) is 3.41. The first-order valence-electron chi connectivity index (χ1n) is 4.76. The average Bonchev–Trinajstić information content (AvgIpc) is 2.23. The van der Waals surface area contributed by atoms with Crippen LogP contribution < -0.4 is 0 Å². The molecule has 0 radical (unpaired) electrons. The first kappa shape index (κ1) is 9.00. The maximum absolute atomic E-state index is 9.56. The molecule has 0 bridgehead atoms. The SMILES string of the molecule is Cc1c(O)cccc1C1=NCC=CC1. The Morgan fingerprint density at radius 3 is 2.86 bits per heavy atom. The molecular formula is C12H13NO. The summed E-state index contributed by atoms with van der Waals surface area (Å²) < 4.78 is 0. The van der Waals surface area contributed by atoms with Crippen molar-refractivity contribution in [1.82, 2.24) is 0 Å². The van der Waals surface area contributed by atoms with Gasteiger partial charge < -0.3 is 5.11 Å². The van der Waals surface area contributed by atoms with Crippen LogP contribution in [-0.4, -0.2) is 17.4 Å². The molecule has 2 rings (SSSR count). The van der Waals surface area contributed by atoms with E-state index < -0.39 is 0 Å². The molecule has 0 atom stereocenters. The number of aliphatic imine (C=N–C) groups is 1. The standard InChI is InChI=1S/C12H13NO/c1-9-10(5-4-7-12(9)14)11-6-2-3-8-13-11/h2-5,7,14H,6,8H2,1H3. The van der Waals surface area contributed by atoms with Crippen LogP contribution in [0.25, 0.3) is 0 Å². The highest BCUT2D eigenvalue weighted by atomic mass is 16.3. The zero-order chi connectivity index (χ0) is 9.97. The Balaban J connectivity index is 2.41. The molecule has 1 N–H and O–H groups in total. The van der Waals surface area contributed by atoms with E-state index in [9.17, 15) is 5.11 Å². The topological polar surface area (TPSA) is 32.6 Å². The number of nitrogens with zero attached hydrogens (tertiary/aromatic N) is 1. The van der Waals surface area contributed by atoms with E-state index in [-0.39, 0.29) is 0 Å². The van der Waals surface area contributed by atoms with E-state index in [4.69, 9.17) is 0 Å². The van der Waals surface area contributed by atoms with Crippen molar-refractivity contribution in [2.75, 3.05) is 6.54 Å². The molecule has 0 aromatic heterocycles. The molecular weight excluding hydrogens is 174 g/mol. The van der Waals surface area contributed by atoms with Gasteiger partial charge in [-0.1, -0.05) is 24.3 Å². The van der Waals surface area contributed by atoms with Crippen LogP contribution >= 0.6 is 0 Å². The van der Waals surface area contributed by atoms with Gasteiger partial charge in [-0.3, -0.25) is 4.99 Å². The molecule has 2 nitrogen and oxygen atoms in total. The van der Waals surface area contributed by atoms with Gasteiger partial charge in [0.1, 0.15) is 5.75 Å². The van der Waals surface area contributed by atoms with E-state index >= 15 is 0 Å². The van der Waals surface area contributed by atoms with Crippen molar-refractivity contribution in [1.29, 1.82) is 0 Å². The van der Waals surface area contributed by atoms with Gasteiger partial charge in [0.05, 0.1) is 6.54 Å². The highest BCUT2D eigenvalue weighted by molar-refractivity contribution is 6.03. The third kappa shape index (κ3) is 1.55. The fourth-order valence-corrected chi connectivity index (χ4v) is 1.63. The Morgan fingerprint density at radius 1 is 1.29 bits per heavy atom. The first-order valence-corrected chi connectivity index (χ1v) is 4.76. The lowest BCUT2D eigenvalue weighted by molar-refractivity contribution is 0.471. The molecule has 2 heteroatoms. The molecule has 0 saturated carbocycles. The Kier molecular flexibility index (Phi) is 2.35. The van der Waals surface area contributed by atoms with Gasteiger partial charge in [0.25, 0.3) is 0 Å². The summed E-state index contributed by atoms with van der Waals surface area (Å²) in [6.07, 6.45) is 5.04. The molecule has 1 aromatic carbocycles. The lowest BCUT2D eigenvalue weighted by Crippen LogP contribution is -2.05. The second kappa shape index (κ2) is 3.66. The predicted octanol–water partition coefficient (Wildman–Crippen LogP) is 2.45. The normalized spacial score (nSPS) is 15.4. The van der Waals surface area contributed by atoms with Crippen molar-refractivity contribution in [2.24, 2.45) is 4.99 Å². The molecule has 0 saturated heterocycles. The summed E-state index contributed by atoms with van der Waals surface area (Å²) in [7, 11) is 0. The van der Waals surface area contributed by atoms with Crippen LogP contribution in [0.1, 0.15) is 17.5 Å². The second-order valence-corrected chi connectivity index (χ2v) is 3.41. The van der Waals surface area contributed by atoms with Crippen LogP contribution in [0.4, 0.5) is 0 Å². The van der Waals surface area contributed by atoms with Gasteiger partial charge in [0.2, 0.25) is 0 Å². The summed E-state index contributed by atoms with van der Waals surface area (Å²) in [5.41, 5.74) is 3.05. The quantitative estimate of drug-likeness (QED) is 0.673. The smallest absolute Gasteiger partial charge is 0.119 e. The van der Waals surface area contributed by atoms with E-state index in [2.05, 4.69) is 17.1 Å². The first-order chi connectivity index (χ1) is 6.79. The number of benzene rings is 1. The van der Waals surface area contributed by atoms with Crippen LogP contribution in [0, 0.1) is 6.92 Å². The summed E-state index contributed by atoms with van der Waals surface area (Å²) in [6, 6.07) is 5.57. The molecule has 1 aliphatic heterocycles. The van der Waals surface area contributed by atoms with E-state index in [1.54, 1.807) is 6.07 Å². The lowest BCUT2D eigenvalue weighted by Gasteiger charge is -2.11. The summed E-state index contributed by atoms with van der Waals surface area (Å²) in [5, 5.41) is 9.56. The monoisotopic (exact) mass is 187 g/mol. The Morgan fingerprint density at radius 2 is 2.14 bits per heavy atom. The largest absolute Gasteiger partial charge is 0.508 e. The molecule has 72 valence electrons. The van der Waals surface area contributed by atoms with E-state index in [0.29, 0.717) is 5.75 Å². The zero-order valence-electron chi connectivity index (χ0n) is 8.20. The van der Waals surface area contributed by atoms with Crippen molar-refractivity contribution in [3.05, 3.63) is 41.5 Å². The van der Waals surface area contributed by atoms with Gasteiger partial charge in [0.15, 0.2) is 0 Å². The van der Waals surface area contributed by atoms with Crippen LogP contribution in [-0.2, 0) is 0 Å². The molecule has 0 aliphatic carbocycles. The maximum Gasteiger partial charge on any atom is 0.119 e. The molecule has 0 amide bonds. The highest BCUT2D eigenvalue weighted by Crippen LogP contribution is 2.22. The number of hydrogen-bond acceptors (Lipinski definition) is 2. The van der Waals surface area contributed by atoms with E-state index in [1.807, 2.05) is 19.1 Å². The molecule has 0 fully saturated rings. The van der Waals surface area contributed by atoms with Gasteiger partial charge in [-0.05, 0) is 18.6 Å². The maximum atomic E-state index is 9.56. The van der Waals surface area contributed by atoms with Crippen molar-refractivity contribution in [2.45, 2.75) is 13.3 Å².